The molecule has 0 spiro atoms. The predicted molar refractivity (Wildman–Crippen MR) is 80.1 cm³/mol. The van der Waals surface area contributed by atoms with Crippen molar-refractivity contribution in [3.63, 3.8) is 0 Å². The lowest BCUT2D eigenvalue weighted by atomic mass is 9.99. The number of nitrogens with zero attached hydrogens (tertiary/aromatic N) is 2. The van der Waals surface area contributed by atoms with Crippen molar-refractivity contribution in [2.75, 3.05) is 0 Å². The molecule has 0 fully saturated rings. The first kappa shape index (κ1) is 17.2. The summed E-state index contributed by atoms with van der Waals surface area (Å²) in [6.45, 7) is 10.4. The SMILES string of the molecule is CCC(C)C(NC(=O)c1cnn(CC(C)C)c1C)C(=O)O. The molecule has 0 bridgehead atoms. The van der Waals surface area contributed by atoms with E-state index in [0.29, 0.717) is 17.9 Å². The van der Waals surface area contributed by atoms with E-state index in [9.17, 15) is 14.7 Å². The van der Waals surface area contributed by atoms with Crippen LogP contribution in [0.15, 0.2) is 6.20 Å². The summed E-state index contributed by atoms with van der Waals surface area (Å²) in [5.74, 6) is -1.09. The van der Waals surface area contributed by atoms with Crippen LogP contribution >= 0.6 is 0 Å². The molecule has 0 aliphatic carbocycles. The number of carbonyl (C=O) groups is 2. The summed E-state index contributed by atoms with van der Waals surface area (Å²) in [6.07, 6.45) is 2.19. The second-order valence-corrected chi connectivity index (χ2v) is 5.89. The minimum Gasteiger partial charge on any atom is -0.480 e. The van der Waals surface area contributed by atoms with Gasteiger partial charge in [0.05, 0.1) is 11.8 Å². The highest BCUT2D eigenvalue weighted by molar-refractivity contribution is 5.97. The van der Waals surface area contributed by atoms with E-state index in [2.05, 4.69) is 24.3 Å². The minimum absolute atomic E-state index is 0.127. The Balaban J connectivity index is 2.88. The summed E-state index contributed by atoms with van der Waals surface area (Å²) in [6, 6.07) is -0.879. The van der Waals surface area contributed by atoms with Gasteiger partial charge in [0.1, 0.15) is 6.04 Å². The Morgan fingerprint density at radius 3 is 2.48 bits per heavy atom. The molecule has 2 atom stereocenters. The van der Waals surface area contributed by atoms with Crippen LogP contribution < -0.4 is 5.32 Å². The van der Waals surface area contributed by atoms with Gasteiger partial charge in [0.25, 0.3) is 5.91 Å². The summed E-state index contributed by atoms with van der Waals surface area (Å²) < 4.78 is 1.78. The molecule has 118 valence electrons. The quantitative estimate of drug-likeness (QED) is 0.806. The minimum atomic E-state index is -1.01. The van der Waals surface area contributed by atoms with Gasteiger partial charge in [-0.2, -0.15) is 5.10 Å². The second-order valence-electron chi connectivity index (χ2n) is 5.89. The van der Waals surface area contributed by atoms with Crippen LogP contribution in [0, 0.1) is 18.8 Å². The van der Waals surface area contributed by atoms with Crippen LogP contribution in [0.4, 0.5) is 0 Å². The summed E-state index contributed by atoms with van der Waals surface area (Å²) in [4.78, 5) is 23.5. The smallest absolute Gasteiger partial charge is 0.326 e. The number of carboxylic acid groups (broad SMARTS) is 1. The van der Waals surface area contributed by atoms with Crippen molar-refractivity contribution in [2.24, 2.45) is 11.8 Å². The average Bonchev–Trinajstić information content (AvgIpc) is 2.75. The zero-order valence-corrected chi connectivity index (χ0v) is 13.4. The fourth-order valence-corrected chi connectivity index (χ4v) is 2.10. The van der Waals surface area contributed by atoms with Gasteiger partial charge in [0, 0.05) is 12.2 Å². The monoisotopic (exact) mass is 295 g/mol. The average molecular weight is 295 g/mol. The number of hydrogen-bond donors (Lipinski definition) is 2. The lowest BCUT2D eigenvalue weighted by molar-refractivity contribution is -0.140. The third-order valence-electron chi connectivity index (χ3n) is 3.65. The van der Waals surface area contributed by atoms with Crippen molar-refractivity contribution < 1.29 is 14.7 Å². The van der Waals surface area contributed by atoms with Crippen LogP contribution in [-0.4, -0.2) is 32.8 Å². The molecule has 0 aliphatic heterocycles. The summed E-state index contributed by atoms with van der Waals surface area (Å²) in [5, 5.41) is 16.0. The molecule has 0 saturated heterocycles. The molecule has 0 saturated carbocycles. The Labute approximate surface area is 125 Å². The van der Waals surface area contributed by atoms with Gasteiger partial charge >= 0.3 is 5.97 Å². The van der Waals surface area contributed by atoms with Gasteiger partial charge < -0.3 is 10.4 Å². The van der Waals surface area contributed by atoms with Gasteiger partial charge in [-0.15, -0.1) is 0 Å². The highest BCUT2D eigenvalue weighted by Crippen LogP contribution is 2.12. The van der Waals surface area contributed by atoms with Crippen molar-refractivity contribution >= 4 is 11.9 Å². The van der Waals surface area contributed by atoms with E-state index in [-0.39, 0.29) is 11.8 Å². The molecular weight excluding hydrogens is 270 g/mol. The zero-order valence-electron chi connectivity index (χ0n) is 13.4. The van der Waals surface area contributed by atoms with E-state index >= 15 is 0 Å². The molecule has 21 heavy (non-hydrogen) atoms. The molecule has 1 rings (SSSR count). The van der Waals surface area contributed by atoms with E-state index < -0.39 is 12.0 Å². The molecule has 6 heteroatoms. The first-order valence-electron chi connectivity index (χ1n) is 7.33. The third kappa shape index (κ3) is 4.31. The normalized spacial score (nSPS) is 14.0. The molecule has 1 heterocycles. The number of carboxylic acids is 1. The molecule has 6 nitrogen and oxygen atoms in total. The summed E-state index contributed by atoms with van der Waals surface area (Å²) in [5.41, 5.74) is 1.19. The fraction of sp³-hybridized carbons (Fsp3) is 0.667. The van der Waals surface area contributed by atoms with Crippen molar-refractivity contribution in [1.82, 2.24) is 15.1 Å². The van der Waals surface area contributed by atoms with Gasteiger partial charge in [-0.05, 0) is 18.8 Å². The maximum atomic E-state index is 12.3. The Morgan fingerprint density at radius 2 is 2.00 bits per heavy atom. The fourth-order valence-electron chi connectivity index (χ4n) is 2.10. The number of rotatable bonds is 7. The molecule has 1 amide bonds. The van der Waals surface area contributed by atoms with Crippen molar-refractivity contribution in [3.8, 4) is 0 Å². The van der Waals surface area contributed by atoms with E-state index in [1.54, 1.807) is 4.68 Å². The van der Waals surface area contributed by atoms with Crippen LogP contribution in [0.3, 0.4) is 0 Å². The van der Waals surface area contributed by atoms with E-state index in [1.165, 1.54) is 6.20 Å². The number of aliphatic carboxylic acids is 1. The van der Waals surface area contributed by atoms with Gasteiger partial charge in [0.15, 0.2) is 0 Å². The van der Waals surface area contributed by atoms with Gasteiger partial charge in [-0.3, -0.25) is 9.48 Å². The zero-order chi connectivity index (χ0) is 16.2. The van der Waals surface area contributed by atoms with Crippen molar-refractivity contribution in [1.29, 1.82) is 0 Å². The predicted octanol–water partition coefficient (Wildman–Crippen LogP) is 2.08. The summed E-state index contributed by atoms with van der Waals surface area (Å²) in [7, 11) is 0. The van der Waals surface area contributed by atoms with Gasteiger partial charge in [-0.1, -0.05) is 34.1 Å². The first-order valence-corrected chi connectivity index (χ1v) is 7.33. The van der Waals surface area contributed by atoms with Crippen LogP contribution in [-0.2, 0) is 11.3 Å². The lowest BCUT2D eigenvalue weighted by Crippen LogP contribution is -2.45. The molecule has 0 radical (unpaired) electrons. The maximum absolute atomic E-state index is 12.3. The molecule has 1 aromatic heterocycles. The molecule has 2 N–H and O–H groups in total. The maximum Gasteiger partial charge on any atom is 0.326 e. The van der Waals surface area contributed by atoms with E-state index in [0.717, 1.165) is 12.2 Å². The Kier molecular flexibility index (Phi) is 5.93. The largest absolute Gasteiger partial charge is 0.480 e. The van der Waals surface area contributed by atoms with Gasteiger partial charge in [-0.25, -0.2) is 4.79 Å². The van der Waals surface area contributed by atoms with Crippen LogP contribution in [0.25, 0.3) is 0 Å². The van der Waals surface area contributed by atoms with Crippen LogP contribution in [0.5, 0.6) is 0 Å². The number of nitrogens with one attached hydrogen (secondary N) is 1. The lowest BCUT2D eigenvalue weighted by Gasteiger charge is -2.20. The van der Waals surface area contributed by atoms with Crippen molar-refractivity contribution in [3.05, 3.63) is 17.5 Å². The highest BCUT2D eigenvalue weighted by atomic mass is 16.4. The number of amides is 1. The van der Waals surface area contributed by atoms with E-state index in [1.807, 2.05) is 20.8 Å². The Hall–Kier alpha value is -1.85. The topological polar surface area (TPSA) is 84.2 Å². The molecule has 1 aromatic rings. The Morgan fingerprint density at radius 1 is 1.38 bits per heavy atom. The molecule has 0 aromatic carbocycles. The third-order valence-corrected chi connectivity index (χ3v) is 3.65. The van der Waals surface area contributed by atoms with E-state index in [4.69, 9.17) is 0 Å². The number of carbonyl (C=O) groups excluding carboxylic acids is 1. The standard InChI is InChI=1S/C15H25N3O3/c1-6-10(4)13(15(20)21)17-14(19)12-7-16-18(11(12)5)8-9(2)3/h7,9-10,13H,6,8H2,1-5H3,(H,17,19)(H,20,21). The molecular formula is C15H25N3O3. The molecule has 2 unspecified atom stereocenters. The van der Waals surface area contributed by atoms with Crippen LogP contribution in [0.1, 0.15) is 50.2 Å². The first-order chi connectivity index (χ1) is 9.77. The molecule has 0 aliphatic rings. The summed E-state index contributed by atoms with van der Waals surface area (Å²) >= 11 is 0. The highest BCUT2D eigenvalue weighted by Gasteiger charge is 2.27. The Bertz CT molecular complexity index is 508. The second kappa shape index (κ2) is 7.24. The van der Waals surface area contributed by atoms with Gasteiger partial charge in [0.2, 0.25) is 0 Å². The van der Waals surface area contributed by atoms with Crippen molar-refractivity contribution in [2.45, 2.75) is 53.6 Å². The number of hydrogen-bond acceptors (Lipinski definition) is 3. The van der Waals surface area contributed by atoms with Crippen LogP contribution in [0.2, 0.25) is 0 Å². The number of aromatic nitrogens is 2.